The van der Waals surface area contributed by atoms with E-state index in [2.05, 4.69) is 27.4 Å². The molecule has 8 nitrogen and oxygen atoms in total. The molecule has 0 saturated carbocycles. The molecule has 3 N–H and O–H groups in total. The number of nitrogens with zero attached hydrogens (tertiary/aromatic N) is 3. The number of carbonyl (C=O) groups is 1. The molecule has 1 aromatic heterocycles. The number of nitrogens with two attached hydrogens (primary N) is 1. The van der Waals surface area contributed by atoms with Crippen molar-refractivity contribution in [2.75, 3.05) is 26.0 Å². The van der Waals surface area contributed by atoms with Crippen molar-refractivity contribution < 1.29 is 14.3 Å². The van der Waals surface area contributed by atoms with Crippen molar-refractivity contribution >= 4 is 23.3 Å². The Bertz CT molecular complexity index is 1580. The van der Waals surface area contributed by atoms with Gasteiger partial charge < -0.3 is 20.5 Å². The maximum atomic E-state index is 12.9. The Labute approximate surface area is 226 Å². The Balaban J connectivity index is 1.12. The third-order valence-corrected chi connectivity index (χ3v) is 7.26. The predicted molar refractivity (Wildman–Crippen MR) is 151 cm³/mol. The molecule has 0 radical (unpaired) electrons. The number of rotatable bonds is 7. The first-order chi connectivity index (χ1) is 19.1. The van der Waals surface area contributed by atoms with Gasteiger partial charge in [0.05, 0.1) is 25.1 Å². The quantitative estimate of drug-likeness (QED) is 0.370. The summed E-state index contributed by atoms with van der Waals surface area (Å²) in [4.78, 5) is 26.2. The lowest BCUT2D eigenvalue weighted by molar-refractivity contribution is 0.0953. The van der Waals surface area contributed by atoms with E-state index >= 15 is 0 Å². The van der Waals surface area contributed by atoms with E-state index in [-0.39, 0.29) is 17.8 Å². The normalized spacial score (nSPS) is 15.5. The van der Waals surface area contributed by atoms with Gasteiger partial charge in [0.15, 0.2) is 0 Å². The highest BCUT2D eigenvalue weighted by Crippen LogP contribution is 2.36. The number of aliphatic imine (C=N–C) groups is 1. The molecule has 196 valence electrons. The maximum Gasteiger partial charge on any atom is 0.251 e. The first-order valence-corrected chi connectivity index (χ1v) is 13.0. The highest BCUT2D eigenvalue weighted by Gasteiger charge is 2.28. The summed E-state index contributed by atoms with van der Waals surface area (Å²) in [6, 6.07) is 21.6. The topological polar surface area (TPSA) is 112 Å². The van der Waals surface area contributed by atoms with Gasteiger partial charge in [0.2, 0.25) is 5.95 Å². The van der Waals surface area contributed by atoms with Crippen molar-refractivity contribution in [2.45, 2.75) is 19.3 Å². The molecule has 39 heavy (non-hydrogen) atoms. The number of carbonyl (C=O) groups excluding carboxylic acids is 1. The Hall–Kier alpha value is -4.72. The lowest BCUT2D eigenvalue weighted by Gasteiger charge is -2.26. The zero-order chi connectivity index (χ0) is 26.8. The number of ether oxygens (including phenoxy) is 2. The second kappa shape index (κ2) is 10.6. The fourth-order valence-corrected chi connectivity index (χ4v) is 5.21. The van der Waals surface area contributed by atoms with Crippen molar-refractivity contribution in [2.24, 2.45) is 10.9 Å². The van der Waals surface area contributed by atoms with Crippen LogP contribution < -0.4 is 20.5 Å². The molecule has 0 fully saturated rings. The Morgan fingerprint density at radius 3 is 2.87 bits per heavy atom. The zero-order valence-corrected chi connectivity index (χ0v) is 21.7. The van der Waals surface area contributed by atoms with Crippen LogP contribution in [0.1, 0.15) is 27.0 Å². The Morgan fingerprint density at radius 2 is 2.00 bits per heavy atom. The van der Waals surface area contributed by atoms with Crippen LogP contribution in [0.2, 0.25) is 0 Å². The van der Waals surface area contributed by atoms with Gasteiger partial charge >= 0.3 is 0 Å². The number of para-hydroxylation sites is 1. The van der Waals surface area contributed by atoms with E-state index < -0.39 is 0 Å². The van der Waals surface area contributed by atoms with Gasteiger partial charge in [-0.3, -0.25) is 9.79 Å². The van der Waals surface area contributed by atoms with Crippen LogP contribution in [0.4, 0.5) is 11.6 Å². The fourth-order valence-electron chi connectivity index (χ4n) is 5.21. The van der Waals surface area contributed by atoms with Crippen LogP contribution in [0, 0.1) is 5.92 Å². The molecule has 0 aliphatic carbocycles. The zero-order valence-electron chi connectivity index (χ0n) is 21.7. The molecular weight excluding hydrogens is 490 g/mol. The summed E-state index contributed by atoms with van der Waals surface area (Å²) < 4.78 is 11.5. The molecule has 6 rings (SSSR count). The van der Waals surface area contributed by atoms with Crippen molar-refractivity contribution in [3.63, 3.8) is 0 Å². The first kappa shape index (κ1) is 24.6. The summed E-state index contributed by atoms with van der Waals surface area (Å²) in [7, 11) is 1.66. The van der Waals surface area contributed by atoms with E-state index in [0.29, 0.717) is 25.1 Å². The smallest absolute Gasteiger partial charge is 0.251 e. The second-order valence-corrected chi connectivity index (χ2v) is 9.78. The number of nitrogens with one attached hydrogen (secondary N) is 1. The van der Waals surface area contributed by atoms with Crippen molar-refractivity contribution in [3.05, 3.63) is 95.2 Å². The van der Waals surface area contributed by atoms with Crippen LogP contribution in [0.25, 0.3) is 11.3 Å². The van der Waals surface area contributed by atoms with Crippen molar-refractivity contribution in [1.29, 1.82) is 0 Å². The molecule has 1 amide bonds. The van der Waals surface area contributed by atoms with E-state index in [9.17, 15) is 4.79 Å². The third-order valence-electron chi connectivity index (χ3n) is 7.26. The maximum absolute atomic E-state index is 12.9. The van der Waals surface area contributed by atoms with Gasteiger partial charge in [-0.2, -0.15) is 0 Å². The summed E-state index contributed by atoms with van der Waals surface area (Å²) in [5.74, 6) is 1.96. The van der Waals surface area contributed by atoms with Crippen LogP contribution in [0.15, 0.2) is 77.9 Å². The van der Waals surface area contributed by atoms with Gasteiger partial charge in [-0.05, 0) is 65.9 Å². The summed E-state index contributed by atoms with van der Waals surface area (Å²) in [5, 5.41) is 3.03. The molecule has 4 aromatic rings. The van der Waals surface area contributed by atoms with Crippen molar-refractivity contribution in [1.82, 2.24) is 15.3 Å². The van der Waals surface area contributed by atoms with E-state index in [1.807, 2.05) is 54.6 Å². The standard InChI is InChI=1S/C31H29N5O3/c1-38-28-5-3-2-4-19(28)10-12-33-30(37)22-8-9-29-23(14-22)15-24(18-39-29)27-17-21-7-6-20(16-26(21)35-27)25-11-13-34-31(32)36-25/h2-9,11,13-14,16,24H,10,12,15,17-18H2,1H3,(H,33,37)(H2,32,34,36). The minimum absolute atomic E-state index is 0.0988. The highest BCUT2D eigenvalue weighted by molar-refractivity contribution is 5.97. The number of amides is 1. The third kappa shape index (κ3) is 5.18. The van der Waals surface area contributed by atoms with Gasteiger partial charge in [-0.1, -0.05) is 30.3 Å². The number of aromatic nitrogens is 2. The molecule has 2 aliphatic heterocycles. The highest BCUT2D eigenvalue weighted by atomic mass is 16.5. The average molecular weight is 520 g/mol. The van der Waals surface area contributed by atoms with E-state index in [1.54, 1.807) is 13.3 Å². The molecule has 8 heteroatoms. The fraction of sp³-hybridized carbons (Fsp3) is 0.226. The number of benzene rings is 3. The number of hydrogen-bond donors (Lipinski definition) is 2. The molecule has 3 aromatic carbocycles. The lowest BCUT2D eigenvalue weighted by atomic mass is 9.89. The second-order valence-electron chi connectivity index (χ2n) is 9.78. The average Bonchev–Trinajstić information content (AvgIpc) is 3.40. The molecule has 1 atom stereocenters. The summed E-state index contributed by atoms with van der Waals surface area (Å²) >= 11 is 0. The predicted octanol–water partition coefficient (Wildman–Crippen LogP) is 4.59. The Kier molecular flexibility index (Phi) is 6.67. The summed E-state index contributed by atoms with van der Waals surface area (Å²) in [6.07, 6.45) is 3.91. The molecule has 0 spiro atoms. The number of nitrogen functional groups attached to an aromatic ring is 1. The van der Waals surface area contributed by atoms with Crippen LogP contribution in [-0.4, -0.2) is 41.8 Å². The number of fused-ring (bicyclic) bond motifs is 2. The molecule has 0 bridgehead atoms. The molecule has 2 aliphatic rings. The van der Waals surface area contributed by atoms with Crippen LogP contribution in [0.3, 0.4) is 0 Å². The SMILES string of the molecule is COc1ccccc1CCNC(=O)c1ccc2c(c1)CC(C1=Nc3cc(-c4ccnc(N)n4)ccc3C1)CO2. The Morgan fingerprint density at radius 1 is 1.10 bits per heavy atom. The number of methoxy groups -OCH3 is 1. The monoisotopic (exact) mass is 519 g/mol. The summed E-state index contributed by atoms with van der Waals surface area (Å²) in [5.41, 5.74) is 13.5. The minimum Gasteiger partial charge on any atom is -0.496 e. The molecule has 0 saturated heterocycles. The van der Waals surface area contributed by atoms with Gasteiger partial charge in [0, 0.05) is 41.9 Å². The van der Waals surface area contributed by atoms with Crippen LogP contribution in [0.5, 0.6) is 11.5 Å². The van der Waals surface area contributed by atoms with E-state index in [4.69, 9.17) is 20.2 Å². The minimum atomic E-state index is -0.0988. The van der Waals surface area contributed by atoms with Gasteiger partial charge in [-0.25, -0.2) is 9.97 Å². The lowest BCUT2D eigenvalue weighted by Crippen LogP contribution is -2.29. The molecule has 1 unspecified atom stereocenters. The van der Waals surface area contributed by atoms with Crippen LogP contribution >= 0.6 is 0 Å². The number of anilines is 1. The van der Waals surface area contributed by atoms with E-state index in [0.717, 1.165) is 58.1 Å². The molecular formula is C31H29N5O3. The first-order valence-electron chi connectivity index (χ1n) is 13.0. The van der Waals surface area contributed by atoms with Crippen LogP contribution in [-0.2, 0) is 19.3 Å². The van der Waals surface area contributed by atoms with Crippen molar-refractivity contribution in [3.8, 4) is 22.8 Å². The largest absolute Gasteiger partial charge is 0.496 e. The van der Waals surface area contributed by atoms with Gasteiger partial charge in [0.25, 0.3) is 5.91 Å². The van der Waals surface area contributed by atoms with Gasteiger partial charge in [-0.15, -0.1) is 0 Å². The summed E-state index contributed by atoms with van der Waals surface area (Å²) in [6.45, 7) is 1.09. The van der Waals surface area contributed by atoms with E-state index in [1.165, 1.54) is 5.56 Å². The molecule has 3 heterocycles. The van der Waals surface area contributed by atoms with Gasteiger partial charge in [0.1, 0.15) is 11.5 Å². The number of hydrogen-bond acceptors (Lipinski definition) is 7.